The van der Waals surface area contributed by atoms with Gasteiger partial charge in [0.05, 0.1) is 0 Å². The Morgan fingerprint density at radius 2 is 2.20 bits per heavy atom. The number of hydrogen-bond donors (Lipinski definition) is 2. The maximum Gasteiger partial charge on any atom is 0.256 e. The molecule has 2 rings (SSSR count). The predicted octanol–water partition coefficient (Wildman–Crippen LogP) is 2.30. The van der Waals surface area contributed by atoms with Crippen LogP contribution in [0.3, 0.4) is 0 Å². The van der Waals surface area contributed by atoms with E-state index in [0.29, 0.717) is 5.92 Å². The highest BCUT2D eigenvalue weighted by Gasteiger charge is 2.40. The number of hydrogen-bond acceptors (Lipinski definition) is 3. The summed E-state index contributed by atoms with van der Waals surface area (Å²) in [5.74, 6) is 5.00. The molecule has 1 heterocycles. The van der Waals surface area contributed by atoms with Crippen molar-refractivity contribution in [2.45, 2.75) is 51.6 Å². The van der Waals surface area contributed by atoms with Crippen LogP contribution in [0.5, 0.6) is 0 Å². The first kappa shape index (κ1) is 14.8. The SMILES string of the molecule is C[C@@H]1CC(C)(C)N([C@H](C)C(=O)NN)c2cc(F)ccc21. The molecule has 1 aromatic rings. The van der Waals surface area contributed by atoms with E-state index in [4.69, 9.17) is 5.84 Å². The van der Waals surface area contributed by atoms with E-state index >= 15 is 0 Å². The molecule has 0 radical (unpaired) electrons. The van der Waals surface area contributed by atoms with Crippen molar-refractivity contribution < 1.29 is 9.18 Å². The zero-order chi connectivity index (χ0) is 15.1. The number of halogens is 1. The molecule has 1 aromatic carbocycles. The van der Waals surface area contributed by atoms with E-state index < -0.39 is 6.04 Å². The second-order valence-corrected chi connectivity index (χ2v) is 6.18. The van der Waals surface area contributed by atoms with Crippen molar-refractivity contribution >= 4 is 11.6 Å². The van der Waals surface area contributed by atoms with Crippen LogP contribution in [0.25, 0.3) is 0 Å². The topological polar surface area (TPSA) is 58.4 Å². The van der Waals surface area contributed by atoms with Gasteiger partial charge in [0.2, 0.25) is 0 Å². The van der Waals surface area contributed by atoms with Gasteiger partial charge in [0.25, 0.3) is 5.91 Å². The van der Waals surface area contributed by atoms with Crippen molar-refractivity contribution in [3.05, 3.63) is 29.6 Å². The molecule has 1 aliphatic heterocycles. The highest BCUT2D eigenvalue weighted by molar-refractivity contribution is 5.85. The van der Waals surface area contributed by atoms with Crippen LogP contribution in [-0.4, -0.2) is 17.5 Å². The zero-order valence-corrected chi connectivity index (χ0v) is 12.4. The summed E-state index contributed by atoms with van der Waals surface area (Å²) >= 11 is 0. The molecule has 0 aliphatic carbocycles. The van der Waals surface area contributed by atoms with Crippen LogP contribution in [-0.2, 0) is 4.79 Å². The second kappa shape index (κ2) is 5.05. The Bertz CT molecular complexity index is 530. The van der Waals surface area contributed by atoms with E-state index in [-0.39, 0.29) is 17.3 Å². The third-order valence-electron chi connectivity index (χ3n) is 4.15. The molecule has 5 heteroatoms. The molecule has 0 bridgehead atoms. The van der Waals surface area contributed by atoms with E-state index in [9.17, 15) is 9.18 Å². The summed E-state index contributed by atoms with van der Waals surface area (Å²) in [4.78, 5) is 13.9. The molecule has 2 atom stereocenters. The summed E-state index contributed by atoms with van der Waals surface area (Å²) in [5, 5.41) is 0. The van der Waals surface area contributed by atoms with Gasteiger partial charge >= 0.3 is 0 Å². The van der Waals surface area contributed by atoms with E-state index in [1.807, 2.05) is 11.0 Å². The minimum Gasteiger partial charge on any atom is -0.354 e. The van der Waals surface area contributed by atoms with Gasteiger partial charge in [0.1, 0.15) is 11.9 Å². The fourth-order valence-corrected chi connectivity index (χ4v) is 3.40. The Morgan fingerprint density at radius 1 is 1.55 bits per heavy atom. The number of fused-ring (bicyclic) bond motifs is 1. The summed E-state index contributed by atoms with van der Waals surface area (Å²) in [6.45, 7) is 8.05. The maximum absolute atomic E-state index is 13.6. The van der Waals surface area contributed by atoms with Crippen LogP contribution in [0.1, 0.15) is 45.6 Å². The molecule has 0 saturated heterocycles. The number of benzene rings is 1. The third-order valence-corrected chi connectivity index (χ3v) is 4.15. The minimum atomic E-state index is -0.456. The number of hydrazine groups is 1. The first-order valence-electron chi connectivity index (χ1n) is 6.87. The second-order valence-electron chi connectivity index (χ2n) is 6.18. The predicted molar refractivity (Wildman–Crippen MR) is 77.8 cm³/mol. The van der Waals surface area contributed by atoms with Gasteiger partial charge in [0.15, 0.2) is 0 Å². The molecule has 0 spiro atoms. The maximum atomic E-state index is 13.6. The molecule has 4 nitrogen and oxygen atoms in total. The molecule has 0 saturated carbocycles. The molecule has 0 unspecified atom stereocenters. The van der Waals surface area contributed by atoms with Crippen molar-refractivity contribution in [2.24, 2.45) is 5.84 Å². The fraction of sp³-hybridized carbons (Fsp3) is 0.533. The number of carbonyl (C=O) groups excluding carboxylic acids is 1. The van der Waals surface area contributed by atoms with Crippen molar-refractivity contribution in [1.29, 1.82) is 0 Å². The summed E-state index contributed by atoms with van der Waals surface area (Å²) in [6, 6.07) is 4.33. The third kappa shape index (κ3) is 2.38. The molecule has 0 fully saturated rings. The van der Waals surface area contributed by atoms with Gasteiger partial charge in [0, 0.05) is 11.2 Å². The molecule has 1 aliphatic rings. The summed E-state index contributed by atoms with van der Waals surface area (Å²) < 4.78 is 13.6. The largest absolute Gasteiger partial charge is 0.354 e. The Kier molecular flexibility index (Phi) is 3.73. The van der Waals surface area contributed by atoms with Crippen LogP contribution >= 0.6 is 0 Å². The molecule has 20 heavy (non-hydrogen) atoms. The Hall–Kier alpha value is -1.62. The number of nitrogens with two attached hydrogens (primary N) is 1. The monoisotopic (exact) mass is 279 g/mol. The van der Waals surface area contributed by atoms with E-state index in [1.54, 1.807) is 6.92 Å². The van der Waals surface area contributed by atoms with Crippen LogP contribution in [0, 0.1) is 5.82 Å². The van der Waals surface area contributed by atoms with Crippen molar-refractivity contribution in [3.8, 4) is 0 Å². The number of nitrogens with zero attached hydrogens (tertiary/aromatic N) is 1. The summed E-state index contributed by atoms with van der Waals surface area (Å²) in [7, 11) is 0. The van der Waals surface area contributed by atoms with Crippen LogP contribution < -0.4 is 16.2 Å². The Morgan fingerprint density at radius 3 is 2.80 bits per heavy atom. The zero-order valence-electron chi connectivity index (χ0n) is 12.4. The van der Waals surface area contributed by atoms with Gasteiger partial charge in [-0.15, -0.1) is 0 Å². The highest BCUT2D eigenvalue weighted by Crippen LogP contribution is 2.44. The normalized spacial score (nSPS) is 22.1. The average Bonchev–Trinajstić information content (AvgIpc) is 2.35. The number of anilines is 1. The molecule has 0 aromatic heterocycles. The molecular weight excluding hydrogens is 257 g/mol. The molecule has 1 amide bonds. The van der Waals surface area contributed by atoms with E-state index in [2.05, 4.69) is 26.2 Å². The molecule has 110 valence electrons. The average molecular weight is 279 g/mol. The van der Waals surface area contributed by atoms with Gasteiger partial charge in [-0.25, -0.2) is 10.2 Å². The van der Waals surface area contributed by atoms with Crippen LogP contribution in [0.15, 0.2) is 18.2 Å². The minimum absolute atomic E-state index is 0.244. The number of amides is 1. The first-order chi connectivity index (χ1) is 9.27. The molecule has 3 N–H and O–H groups in total. The lowest BCUT2D eigenvalue weighted by Crippen LogP contribution is -2.58. The Labute approximate surface area is 119 Å². The van der Waals surface area contributed by atoms with E-state index in [0.717, 1.165) is 17.7 Å². The van der Waals surface area contributed by atoms with Crippen LogP contribution in [0.4, 0.5) is 10.1 Å². The standard InChI is InChI=1S/C15H22FN3O/c1-9-8-15(3,4)19(10(2)14(20)18-17)13-7-11(16)5-6-12(9)13/h5-7,9-10H,8,17H2,1-4H3,(H,18,20)/t9-,10-/m1/s1. The highest BCUT2D eigenvalue weighted by atomic mass is 19.1. The lowest BCUT2D eigenvalue weighted by Gasteiger charge is -2.49. The summed E-state index contributed by atoms with van der Waals surface area (Å²) in [5.41, 5.74) is 3.79. The van der Waals surface area contributed by atoms with Crippen LogP contribution in [0.2, 0.25) is 0 Å². The smallest absolute Gasteiger partial charge is 0.256 e. The lowest BCUT2D eigenvalue weighted by molar-refractivity contribution is -0.122. The number of nitrogens with one attached hydrogen (secondary N) is 1. The van der Waals surface area contributed by atoms with E-state index in [1.165, 1.54) is 12.1 Å². The van der Waals surface area contributed by atoms with Crippen molar-refractivity contribution in [3.63, 3.8) is 0 Å². The van der Waals surface area contributed by atoms with Gasteiger partial charge in [-0.2, -0.15) is 0 Å². The van der Waals surface area contributed by atoms with Gasteiger partial charge < -0.3 is 4.90 Å². The first-order valence-corrected chi connectivity index (χ1v) is 6.87. The van der Waals surface area contributed by atoms with Gasteiger partial charge in [-0.1, -0.05) is 13.0 Å². The lowest BCUT2D eigenvalue weighted by atomic mass is 9.79. The van der Waals surface area contributed by atoms with Gasteiger partial charge in [-0.3, -0.25) is 10.2 Å². The number of rotatable bonds is 2. The van der Waals surface area contributed by atoms with Gasteiger partial charge in [-0.05, 0) is 50.8 Å². The van der Waals surface area contributed by atoms with Crippen molar-refractivity contribution in [2.75, 3.05) is 4.90 Å². The number of carbonyl (C=O) groups is 1. The molecular formula is C15H22FN3O. The summed E-state index contributed by atoms with van der Waals surface area (Å²) in [6.07, 6.45) is 0.897. The Balaban J connectivity index is 2.56. The van der Waals surface area contributed by atoms with Crippen molar-refractivity contribution in [1.82, 2.24) is 5.43 Å². The quantitative estimate of drug-likeness (QED) is 0.496. The fourth-order valence-electron chi connectivity index (χ4n) is 3.40.